The van der Waals surface area contributed by atoms with Gasteiger partial charge < -0.3 is 25.1 Å². The number of aliphatic hydroxyl groups is 1. The minimum atomic E-state index is -0.938. The molecule has 196 valence electrons. The summed E-state index contributed by atoms with van der Waals surface area (Å²) in [6.07, 6.45) is 0.955. The predicted octanol–water partition coefficient (Wildman–Crippen LogP) is 3.74. The van der Waals surface area contributed by atoms with Crippen LogP contribution in [0.25, 0.3) is 0 Å². The van der Waals surface area contributed by atoms with E-state index in [-0.39, 0.29) is 24.9 Å². The Morgan fingerprint density at radius 3 is 2.13 bits per heavy atom. The molecule has 8 nitrogen and oxygen atoms in total. The van der Waals surface area contributed by atoms with Gasteiger partial charge in [-0.3, -0.25) is 4.57 Å². The highest BCUT2D eigenvalue weighted by Crippen LogP contribution is 2.43. The summed E-state index contributed by atoms with van der Waals surface area (Å²) >= 11 is 0. The van der Waals surface area contributed by atoms with Gasteiger partial charge in [-0.1, -0.05) is 72.8 Å². The maximum Gasteiger partial charge on any atom is 0.351 e. The van der Waals surface area contributed by atoms with E-state index in [1.165, 1.54) is 4.57 Å². The van der Waals surface area contributed by atoms with Crippen LogP contribution in [0.15, 0.2) is 102 Å². The molecule has 0 spiro atoms. The molecule has 1 aliphatic heterocycles. The Bertz CT molecular complexity index is 1350. The molecule has 0 amide bonds. The molecule has 1 aliphatic rings. The summed E-state index contributed by atoms with van der Waals surface area (Å²) in [4.78, 5) is 16.3. The van der Waals surface area contributed by atoms with E-state index in [0.717, 1.165) is 22.4 Å². The number of aromatic nitrogens is 2. The fourth-order valence-corrected chi connectivity index (χ4v) is 5.12. The van der Waals surface area contributed by atoms with E-state index in [1.54, 1.807) is 19.4 Å². The topological polar surface area (TPSA) is 109 Å². The van der Waals surface area contributed by atoms with E-state index in [1.807, 2.05) is 84.9 Å². The first-order valence-electron chi connectivity index (χ1n) is 12.6. The van der Waals surface area contributed by atoms with Crippen LogP contribution in [0.4, 0.5) is 5.82 Å². The number of nitrogens with two attached hydrogens (primary N) is 1. The first-order chi connectivity index (χ1) is 18.5. The Morgan fingerprint density at radius 1 is 0.974 bits per heavy atom. The molecule has 2 heterocycles. The predicted molar refractivity (Wildman–Crippen MR) is 144 cm³/mol. The van der Waals surface area contributed by atoms with Crippen molar-refractivity contribution in [2.75, 3.05) is 26.1 Å². The lowest BCUT2D eigenvalue weighted by Gasteiger charge is -2.37. The van der Waals surface area contributed by atoms with E-state index in [2.05, 4.69) is 4.98 Å². The Morgan fingerprint density at radius 2 is 1.58 bits per heavy atom. The molecular weight excluding hydrogens is 482 g/mol. The maximum absolute atomic E-state index is 12.4. The normalized spacial score (nSPS) is 19.4. The number of nitrogen functional groups attached to an aromatic ring is 1. The zero-order valence-corrected chi connectivity index (χ0v) is 21.1. The van der Waals surface area contributed by atoms with E-state index in [4.69, 9.17) is 19.9 Å². The molecule has 1 fully saturated rings. The Kier molecular flexibility index (Phi) is 7.55. The number of hydrogen-bond acceptors (Lipinski definition) is 7. The average Bonchev–Trinajstić information content (AvgIpc) is 3.38. The van der Waals surface area contributed by atoms with Gasteiger partial charge in [-0.2, -0.15) is 4.98 Å². The van der Waals surface area contributed by atoms with Gasteiger partial charge in [0.1, 0.15) is 23.4 Å². The van der Waals surface area contributed by atoms with Gasteiger partial charge in [0.15, 0.2) is 0 Å². The number of benzene rings is 3. The van der Waals surface area contributed by atoms with Crippen LogP contribution in [0.3, 0.4) is 0 Å². The average molecular weight is 514 g/mol. The van der Waals surface area contributed by atoms with Crippen molar-refractivity contribution in [1.29, 1.82) is 0 Å². The molecule has 4 aromatic rings. The van der Waals surface area contributed by atoms with Crippen molar-refractivity contribution in [2.24, 2.45) is 5.92 Å². The lowest BCUT2D eigenvalue weighted by atomic mass is 9.80. The number of methoxy groups -OCH3 is 1. The highest BCUT2D eigenvalue weighted by atomic mass is 16.5. The van der Waals surface area contributed by atoms with Gasteiger partial charge in [0.2, 0.25) is 0 Å². The minimum absolute atomic E-state index is 0.151. The molecule has 1 saturated heterocycles. The number of rotatable bonds is 9. The first kappa shape index (κ1) is 25.7. The van der Waals surface area contributed by atoms with Crippen molar-refractivity contribution in [3.63, 3.8) is 0 Å². The minimum Gasteiger partial charge on any atom is -0.497 e. The second-order valence-corrected chi connectivity index (χ2v) is 9.30. The standard InChI is InChI=1S/C30H31N3O5/c1-36-25-14-12-24(13-15-25)30(22-8-4-2-5-9-22,23-10-6-3-7-11-23)37-20-21-18-28(38-26(21)19-34)33-17-16-27(31)32-29(33)35/h2-17,21,26,28,34H,18-20H2,1H3,(H2,31,32,35). The van der Waals surface area contributed by atoms with Crippen molar-refractivity contribution >= 4 is 5.82 Å². The van der Waals surface area contributed by atoms with Crippen LogP contribution in [0.2, 0.25) is 0 Å². The van der Waals surface area contributed by atoms with Crippen LogP contribution in [-0.2, 0) is 15.1 Å². The molecular formula is C30H31N3O5. The van der Waals surface area contributed by atoms with Gasteiger partial charge in [-0.25, -0.2) is 4.79 Å². The number of nitrogens with zero attached hydrogens (tertiary/aromatic N) is 2. The summed E-state index contributed by atoms with van der Waals surface area (Å²) < 4.78 is 19.8. The van der Waals surface area contributed by atoms with Crippen molar-refractivity contribution in [2.45, 2.75) is 24.4 Å². The molecule has 3 atom stereocenters. The van der Waals surface area contributed by atoms with Crippen LogP contribution in [0.5, 0.6) is 5.75 Å². The van der Waals surface area contributed by atoms with Crippen molar-refractivity contribution < 1.29 is 19.3 Å². The monoisotopic (exact) mass is 513 g/mol. The summed E-state index contributed by atoms with van der Waals surface area (Å²) in [5, 5.41) is 10.1. The summed E-state index contributed by atoms with van der Waals surface area (Å²) in [5.41, 5.74) is 7.09. The van der Waals surface area contributed by atoms with Gasteiger partial charge >= 0.3 is 5.69 Å². The van der Waals surface area contributed by atoms with E-state index in [0.29, 0.717) is 6.42 Å². The summed E-state index contributed by atoms with van der Waals surface area (Å²) in [6.45, 7) is 0.0720. The smallest absolute Gasteiger partial charge is 0.351 e. The van der Waals surface area contributed by atoms with E-state index < -0.39 is 23.6 Å². The third kappa shape index (κ3) is 4.93. The highest BCUT2D eigenvalue weighted by Gasteiger charge is 2.42. The second-order valence-electron chi connectivity index (χ2n) is 9.30. The van der Waals surface area contributed by atoms with E-state index >= 15 is 0 Å². The molecule has 0 bridgehead atoms. The lowest BCUT2D eigenvalue weighted by molar-refractivity contribution is -0.0562. The van der Waals surface area contributed by atoms with Gasteiger partial charge in [-0.15, -0.1) is 0 Å². The summed E-state index contributed by atoms with van der Waals surface area (Å²) in [6, 6.07) is 29.5. The molecule has 38 heavy (non-hydrogen) atoms. The molecule has 0 aliphatic carbocycles. The van der Waals surface area contributed by atoms with Crippen LogP contribution in [0.1, 0.15) is 29.3 Å². The van der Waals surface area contributed by atoms with Crippen LogP contribution < -0.4 is 16.2 Å². The lowest BCUT2D eigenvalue weighted by Crippen LogP contribution is -2.36. The Balaban J connectivity index is 1.53. The quantitative estimate of drug-likeness (QED) is 0.328. The Hall–Kier alpha value is -3.98. The van der Waals surface area contributed by atoms with Crippen LogP contribution in [-0.4, -0.2) is 41.1 Å². The number of anilines is 1. The second kappa shape index (κ2) is 11.2. The molecule has 3 N–H and O–H groups in total. The SMILES string of the molecule is COc1ccc(C(OCC2CC(n3ccc(N)nc3=O)OC2CO)(c2ccccc2)c2ccccc2)cc1. The van der Waals surface area contributed by atoms with Crippen molar-refractivity contribution in [3.8, 4) is 5.75 Å². The third-order valence-electron chi connectivity index (χ3n) is 7.07. The van der Waals surface area contributed by atoms with Crippen LogP contribution >= 0.6 is 0 Å². The first-order valence-corrected chi connectivity index (χ1v) is 12.6. The zero-order valence-electron chi connectivity index (χ0n) is 21.1. The molecule has 5 rings (SSSR count). The number of aliphatic hydroxyl groups excluding tert-OH is 1. The third-order valence-corrected chi connectivity index (χ3v) is 7.07. The van der Waals surface area contributed by atoms with Gasteiger partial charge in [-0.05, 0) is 34.9 Å². The fraction of sp³-hybridized carbons (Fsp3) is 0.267. The largest absolute Gasteiger partial charge is 0.497 e. The summed E-state index contributed by atoms with van der Waals surface area (Å²) in [5.74, 6) is 0.719. The van der Waals surface area contributed by atoms with Gasteiger partial charge in [0, 0.05) is 18.5 Å². The molecule has 3 unspecified atom stereocenters. The molecule has 8 heteroatoms. The fourth-order valence-electron chi connectivity index (χ4n) is 5.12. The molecule has 0 radical (unpaired) electrons. The van der Waals surface area contributed by atoms with E-state index in [9.17, 15) is 9.90 Å². The number of ether oxygens (including phenoxy) is 3. The Labute approximate surface area is 221 Å². The van der Waals surface area contributed by atoms with Crippen LogP contribution in [0, 0.1) is 5.92 Å². The van der Waals surface area contributed by atoms with Crippen molar-refractivity contribution in [1.82, 2.24) is 9.55 Å². The summed E-state index contributed by atoms with van der Waals surface area (Å²) in [7, 11) is 1.64. The molecule has 1 aromatic heterocycles. The van der Waals surface area contributed by atoms with Gasteiger partial charge in [0.05, 0.1) is 26.4 Å². The maximum atomic E-state index is 12.4. The highest BCUT2D eigenvalue weighted by molar-refractivity contribution is 5.48. The zero-order chi connectivity index (χ0) is 26.5. The molecule has 0 saturated carbocycles. The van der Waals surface area contributed by atoms with Gasteiger partial charge in [0.25, 0.3) is 0 Å². The number of hydrogen-bond donors (Lipinski definition) is 2. The molecule has 3 aromatic carbocycles. The van der Waals surface area contributed by atoms with Crippen molar-refractivity contribution in [3.05, 3.63) is 124 Å².